The first-order valence-electron chi connectivity index (χ1n) is 9.29. The summed E-state index contributed by atoms with van der Waals surface area (Å²) in [5.41, 5.74) is 2.83. The quantitative estimate of drug-likeness (QED) is 0.741. The minimum atomic E-state index is 0.0160. The number of piperidine rings is 1. The number of pyridine rings is 1. The van der Waals surface area contributed by atoms with Crippen molar-refractivity contribution in [3.8, 4) is 11.3 Å². The summed E-state index contributed by atoms with van der Waals surface area (Å²) < 4.78 is 1.83. The van der Waals surface area contributed by atoms with E-state index in [0.29, 0.717) is 12.5 Å². The number of nitrogens with zero attached hydrogens (tertiary/aromatic N) is 5. The zero-order valence-electron chi connectivity index (χ0n) is 15.3. The Morgan fingerprint density at radius 2 is 2.11 bits per heavy atom. The first-order valence-corrected chi connectivity index (χ1v) is 9.29. The smallest absolute Gasteiger partial charge is 0.317 e. The Labute approximate surface area is 157 Å². The van der Waals surface area contributed by atoms with Crippen molar-refractivity contribution >= 4 is 17.5 Å². The van der Waals surface area contributed by atoms with Crippen LogP contribution in [0.4, 0.5) is 10.7 Å². The lowest BCUT2D eigenvalue weighted by Crippen LogP contribution is -2.46. The molecule has 2 N–H and O–H groups in total. The van der Waals surface area contributed by atoms with Crippen molar-refractivity contribution in [1.29, 1.82) is 0 Å². The van der Waals surface area contributed by atoms with E-state index in [0.717, 1.165) is 42.7 Å². The molecule has 3 aromatic rings. The Bertz CT molecular complexity index is 930. The van der Waals surface area contributed by atoms with Crippen molar-refractivity contribution in [2.75, 3.05) is 25.0 Å². The van der Waals surface area contributed by atoms with E-state index in [1.165, 1.54) is 0 Å². The molecule has 1 aliphatic heterocycles. The highest BCUT2D eigenvalue weighted by atomic mass is 16.2. The fraction of sp³-hybridized carbons (Fsp3) is 0.368. The van der Waals surface area contributed by atoms with Crippen LogP contribution in [-0.4, -0.2) is 56.2 Å². The molecule has 0 spiro atoms. The van der Waals surface area contributed by atoms with E-state index in [4.69, 9.17) is 0 Å². The molecule has 140 valence electrons. The van der Waals surface area contributed by atoms with Gasteiger partial charge in [-0.05, 0) is 38.0 Å². The van der Waals surface area contributed by atoms with Gasteiger partial charge in [0.25, 0.3) is 0 Å². The van der Waals surface area contributed by atoms with Crippen LogP contribution in [0.15, 0.2) is 42.9 Å². The Hall–Kier alpha value is -3.16. The van der Waals surface area contributed by atoms with Gasteiger partial charge in [0.05, 0.1) is 17.4 Å². The monoisotopic (exact) mass is 365 g/mol. The SMILES string of the molecule is CCNC(=O)N1CCC(Nc2nccc(-c3cnn4ccccc34)n2)CC1. The number of rotatable bonds is 4. The summed E-state index contributed by atoms with van der Waals surface area (Å²) >= 11 is 0. The van der Waals surface area contributed by atoms with E-state index in [1.807, 2.05) is 53.0 Å². The van der Waals surface area contributed by atoms with Crippen molar-refractivity contribution in [1.82, 2.24) is 29.8 Å². The zero-order chi connectivity index (χ0) is 18.6. The lowest BCUT2D eigenvalue weighted by Gasteiger charge is -2.32. The van der Waals surface area contributed by atoms with E-state index in [-0.39, 0.29) is 12.1 Å². The van der Waals surface area contributed by atoms with Gasteiger partial charge in [-0.2, -0.15) is 5.10 Å². The molecule has 2 amide bonds. The third kappa shape index (κ3) is 3.69. The van der Waals surface area contributed by atoms with Crippen molar-refractivity contribution in [2.24, 2.45) is 0 Å². The van der Waals surface area contributed by atoms with Crippen LogP contribution in [0.25, 0.3) is 16.8 Å². The molecule has 0 radical (unpaired) electrons. The van der Waals surface area contributed by atoms with Gasteiger partial charge in [0.2, 0.25) is 5.95 Å². The van der Waals surface area contributed by atoms with E-state index in [2.05, 4.69) is 25.7 Å². The number of aromatic nitrogens is 4. The number of amides is 2. The average Bonchev–Trinajstić information content (AvgIpc) is 3.13. The normalized spacial score (nSPS) is 15.1. The molecule has 1 aliphatic rings. The summed E-state index contributed by atoms with van der Waals surface area (Å²) in [4.78, 5) is 22.8. The Balaban J connectivity index is 1.44. The first kappa shape index (κ1) is 17.3. The van der Waals surface area contributed by atoms with E-state index in [9.17, 15) is 4.79 Å². The molecule has 27 heavy (non-hydrogen) atoms. The number of carbonyl (C=O) groups is 1. The molecule has 0 bridgehead atoms. The van der Waals surface area contributed by atoms with Crippen LogP contribution in [0.3, 0.4) is 0 Å². The second kappa shape index (κ2) is 7.61. The van der Waals surface area contributed by atoms with Crippen molar-refractivity contribution in [3.63, 3.8) is 0 Å². The Morgan fingerprint density at radius 3 is 2.93 bits per heavy atom. The van der Waals surface area contributed by atoms with Gasteiger partial charge in [-0.1, -0.05) is 6.07 Å². The van der Waals surface area contributed by atoms with Gasteiger partial charge in [-0.3, -0.25) is 0 Å². The maximum Gasteiger partial charge on any atom is 0.317 e. The second-order valence-corrected chi connectivity index (χ2v) is 6.60. The summed E-state index contributed by atoms with van der Waals surface area (Å²) in [5.74, 6) is 0.610. The molecule has 1 saturated heterocycles. The predicted octanol–water partition coefficient (Wildman–Crippen LogP) is 2.40. The molecule has 8 nitrogen and oxygen atoms in total. The lowest BCUT2D eigenvalue weighted by molar-refractivity contribution is 0.184. The highest BCUT2D eigenvalue weighted by Crippen LogP contribution is 2.23. The minimum absolute atomic E-state index is 0.0160. The van der Waals surface area contributed by atoms with Crippen molar-refractivity contribution in [3.05, 3.63) is 42.9 Å². The number of likely N-dealkylation sites (tertiary alicyclic amines) is 1. The van der Waals surface area contributed by atoms with Gasteiger partial charge in [0.1, 0.15) is 0 Å². The number of anilines is 1. The average molecular weight is 365 g/mol. The Morgan fingerprint density at radius 1 is 1.26 bits per heavy atom. The van der Waals surface area contributed by atoms with E-state index >= 15 is 0 Å². The van der Waals surface area contributed by atoms with Crippen LogP contribution in [0.5, 0.6) is 0 Å². The van der Waals surface area contributed by atoms with Gasteiger partial charge in [-0.25, -0.2) is 19.3 Å². The third-order valence-electron chi connectivity index (χ3n) is 4.80. The van der Waals surface area contributed by atoms with Crippen LogP contribution in [-0.2, 0) is 0 Å². The number of fused-ring (bicyclic) bond motifs is 1. The number of carbonyl (C=O) groups excluding carboxylic acids is 1. The molecule has 0 unspecified atom stereocenters. The number of nitrogens with one attached hydrogen (secondary N) is 2. The number of hydrogen-bond acceptors (Lipinski definition) is 5. The van der Waals surface area contributed by atoms with Crippen molar-refractivity contribution < 1.29 is 4.79 Å². The van der Waals surface area contributed by atoms with Crippen LogP contribution in [0, 0.1) is 0 Å². The predicted molar refractivity (Wildman–Crippen MR) is 104 cm³/mol. The highest BCUT2D eigenvalue weighted by molar-refractivity contribution is 5.77. The largest absolute Gasteiger partial charge is 0.351 e. The van der Waals surface area contributed by atoms with E-state index in [1.54, 1.807) is 6.20 Å². The van der Waals surface area contributed by atoms with Gasteiger partial charge < -0.3 is 15.5 Å². The summed E-state index contributed by atoms with van der Waals surface area (Å²) in [6.45, 7) is 4.05. The fourth-order valence-corrected chi connectivity index (χ4v) is 3.38. The maximum atomic E-state index is 11.9. The molecule has 4 rings (SSSR count). The summed E-state index contributed by atoms with van der Waals surface area (Å²) in [7, 11) is 0. The number of hydrogen-bond donors (Lipinski definition) is 2. The van der Waals surface area contributed by atoms with Crippen LogP contribution in [0.2, 0.25) is 0 Å². The zero-order valence-corrected chi connectivity index (χ0v) is 15.3. The molecule has 0 atom stereocenters. The summed E-state index contributed by atoms with van der Waals surface area (Å²) in [6.07, 6.45) is 7.26. The standard InChI is InChI=1S/C19H23N7O/c1-2-20-19(27)25-11-7-14(8-12-25)23-18-21-9-6-16(24-18)15-13-22-26-10-4-3-5-17(15)26/h3-6,9-10,13-14H,2,7-8,11-12H2,1H3,(H,20,27)(H,21,23,24). The Kier molecular flexibility index (Phi) is 4.86. The topological polar surface area (TPSA) is 87.5 Å². The maximum absolute atomic E-state index is 11.9. The molecule has 4 heterocycles. The van der Waals surface area contributed by atoms with Gasteiger partial charge in [0, 0.05) is 43.6 Å². The summed E-state index contributed by atoms with van der Waals surface area (Å²) in [6, 6.07) is 8.13. The van der Waals surface area contributed by atoms with Crippen LogP contribution < -0.4 is 10.6 Å². The molecular formula is C19H23N7O. The first-order chi connectivity index (χ1) is 13.2. The molecule has 0 aromatic carbocycles. The molecule has 3 aromatic heterocycles. The lowest BCUT2D eigenvalue weighted by atomic mass is 10.1. The molecular weight excluding hydrogens is 342 g/mol. The van der Waals surface area contributed by atoms with Gasteiger partial charge in [0.15, 0.2) is 0 Å². The highest BCUT2D eigenvalue weighted by Gasteiger charge is 2.23. The molecule has 0 aliphatic carbocycles. The van der Waals surface area contributed by atoms with Gasteiger partial charge >= 0.3 is 6.03 Å². The van der Waals surface area contributed by atoms with Crippen molar-refractivity contribution in [2.45, 2.75) is 25.8 Å². The third-order valence-corrected chi connectivity index (χ3v) is 4.80. The van der Waals surface area contributed by atoms with Crippen LogP contribution in [0.1, 0.15) is 19.8 Å². The molecule has 0 saturated carbocycles. The molecule has 8 heteroatoms. The minimum Gasteiger partial charge on any atom is -0.351 e. The second-order valence-electron chi connectivity index (χ2n) is 6.60. The van der Waals surface area contributed by atoms with Gasteiger partial charge in [-0.15, -0.1) is 0 Å². The fourth-order valence-electron chi connectivity index (χ4n) is 3.38. The summed E-state index contributed by atoms with van der Waals surface area (Å²) in [5, 5.41) is 10.6. The van der Waals surface area contributed by atoms with Crippen LogP contribution >= 0.6 is 0 Å². The van der Waals surface area contributed by atoms with E-state index < -0.39 is 0 Å². The number of urea groups is 1. The molecule has 1 fully saturated rings.